The smallest absolute Gasteiger partial charge is 0.0349 e. The van der Waals surface area contributed by atoms with Crippen LogP contribution in [0.4, 0.5) is 5.69 Å². The van der Waals surface area contributed by atoms with E-state index in [0.717, 1.165) is 18.3 Å². The molecule has 0 aliphatic heterocycles. The van der Waals surface area contributed by atoms with E-state index in [2.05, 4.69) is 17.4 Å². The summed E-state index contributed by atoms with van der Waals surface area (Å²) in [5.74, 6) is 0.694. The van der Waals surface area contributed by atoms with Gasteiger partial charge >= 0.3 is 0 Å². The van der Waals surface area contributed by atoms with Crippen LogP contribution in [0.25, 0.3) is 0 Å². The molecule has 2 nitrogen and oxygen atoms in total. The molecular formula is C14H20N2. The summed E-state index contributed by atoms with van der Waals surface area (Å²) in [5.41, 5.74) is 9.89. The van der Waals surface area contributed by atoms with E-state index in [9.17, 15) is 0 Å². The number of rotatable bonds is 3. The quantitative estimate of drug-likeness (QED) is 0.762. The molecule has 0 spiro atoms. The number of hydrogen-bond acceptors (Lipinski definition) is 2. The van der Waals surface area contributed by atoms with Crippen LogP contribution in [0.1, 0.15) is 42.7 Å². The number of fused-ring (bicyclic) bond motifs is 1. The summed E-state index contributed by atoms with van der Waals surface area (Å²) >= 11 is 0. The van der Waals surface area contributed by atoms with Gasteiger partial charge in [-0.25, -0.2) is 0 Å². The lowest BCUT2D eigenvalue weighted by Crippen LogP contribution is -2.37. The molecule has 0 heterocycles. The maximum Gasteiger partial charge on any atom is 0.0349 e. The van der Waals surface area contributed by atoms with Gasteiger partial charge in [-0.3, -0.25) is 0 Å². The minimum atomic E-state index is 0.694. The van der Waals surface area contributed by atoms with Crippen LogP contribution in [0.2, 0.25) is 0 Å². The second-order valence-electron chi connectivity index (χ2n) is 5.19. The van der Waals surface area contributed by atoms with Gasteiger partial charge in [0.05, 0.1) is 0 Å². The first-order chi connectivity index (χ1) is 7.84. The maximum atomic E-state index is 6.01. The third-order valence-electron chi connectivity index (χ3n) is 4.19. The van der Waals surface area contributed by atoms with E-state index in [-0.39, 0.29) is 0 Å². The van der Waals surface area contributed by atoms with E-state index in [1.54, 1.807) is 0 Å². The molecule has 1 fully saturated rings. The van der Waals surface area contributed by atoms with Gasteiger partial charge in [-0.05, 0) is 48.8 Å². The van der Waals surface area contributed by atoms with Crippen LogP contribution in [-0.4, -0.2) is 12.6 Å². The molecule has 0 amide bonds. The lowest BCUT2D eigenvalue weighted by atomic mass is 9.92. The van der Waals surface area contributed by atoms with Crippen molar-refractivity contribution < 1.29 is 0 Å². The molecule has 1 atom stereocenters. The maximum absolute atomic E-state index is 6.01. The second-order valence-corrected chi connectivity index (χ2v) is 5.19. The molecule has 3 N–H and O–H groups in total. The Morgan fingerprint density at radius 3 is 2.88 bits per heavy atom. The standard InChI is InChI=1S/C14H20N2/c15-14-6-2-5-12-10(7-8-13(12)14)9-16-11-3-1-4-11/h2,5-6,10-11,16H,1,3-4,7-9,15H2. The predicted molar refractivity (Wildman–Crippen MR) is 67.6 cm³/mol. The molecule has 2 heteroatoms. The lowest BCUT2D eigenvalue weighted by molar-refractivity contribution is 0.331. The van der Waals surface area contributed by atoms with Crippen molar-refractivity contribution >= 4 is 5.69 Å². The van der Waals surface area contributed by atoms with Gasteiger partial charge in [0.1, 0.15) is 0 Å². The monoisotopic (exact) mass is 216 g/mol. The van der Waals surface area contributed by atoms with Crippen LogP contribution in [0.15, 0.2) is 18.2 Å². The average Bonchev–Trinajstić information content (AvgIpc) is 2.61. The fourth-order valence-corrected chi connectivity index (χ4v) is 2.90. The van der Waals surface area contributed by atoms with Gasteiger partial charge in [0, 0.05) is 18.3 Å². The van der Waals surface area contributed by atoms with Crippen LogP contribution in [0.3, 0.4) is 0 Å². The van der Waals surface area contributed by atoms with Crippen molar-refractivity contribution in [3.63, 3.8) is 0 Å². The van der Waals surface area contributed by atoms with Crippen molar-refractivity contribution in [2.24, 2.45) is 0 Å². The van der Waals surface area contributed by atoms with Crippen LogP contribution in [0.5, 0.6) is 0 Å². The Morgan fingerprint density at radius 1 is 1.25 bits per heavy atom. The zero-order valence-electron chi connectivity index (χ0n) is 9.71. The summed E-state index contributed by atoms with van der Waals surface area (Å²) in [6.45, 7) is 1.14. The molecule has 1 unspecified atom stereocenters. The number of nitrogen functional groups attached to an aromatic ring is 1. The molecular weight excluding hydrogens is 196 g/mol. The van der Waals surface area contributed by atoms with Gasteiger partial charge in [0.2, 0.25) is 0 Å². The van der Waals surface area contributed by atoms with Crippen LogP contribution < -0.4 is 11.1 Å². The van der Waals surface area contributed by atoms with Gasteiger partial charge in [0.25, 0.3) is 0 Å². The van der Waals surface area contributed by atoms with Gasteiger partial charge < -0.3 is 11.1 Å². The summed E-state index contributed by atoms with van der Waals surface area (Å²) in [7, 11) is 0. The molecule has 0 saturated heterocycles. The van der Waals surface area contributed by atoms with Crippen LogP contribution >= 0.6 is 0 Å². The van der Waals surface area contributed by atoms with Crippen molar-refractivity contribution in [2.75, 3.05) is 12.3 Å². The fourth-order valence-electron chi connectivity index (χ4n) is 2.90. The fraction of sp³-hybridized carbons (Fsp3) is 0.571. The Hall–Kier alpha value is -1.02. The molecule has 0 radical (unpaired) electrons. The highest BCUT2D eigenvalue weighted by molar-refractivity contribution is 5.54. The van der Waals surface area contributed by atoms with Gasteiger partial charge in [-0.2, -0.15) is 0 Å². The van der Waals surface area contributed by atoms with Gasteiger partial charge in [-0.15, -0.1) is 0 Å². The number of benzene rings is 1. The number of nitrogens with one attached hydrogen (secondary N) is 1. The SMILES string of the molecule is Nc1cccc2c1CCC2CNC1CCC1. The van der Waals surface area contributed by atoms with Gasteiger partial charge in [-0.1, -0.05) is 18.6 Å². The molecule has 2 aliphatic rings. The molecule has 1 aromatic rings. The first-order valence-corrected chi connectivity index (χ1v) is 6.45. The van der Waals surface area contributed by atoms with Crippen molar-refractivity contribution in [2.45, 2.75) is 44.1 Å². The largest absolute Gasteiger partial charge is 0.398 e. The van der Waals surface area contributed by atoms with E-state index in [4.69, 9.17) is 5.73 Å². The van der Waals surface area contributed by atoms with E-state index in [1.165, 1.54) is 43.2 Å². The molecule has 86 valence electrons. The highest BCUT2D eigenvalue weighted by atomic mass is 14.9. The van der Waals surface area contributed by atoms with Crippen molar-refractivity contribution in [3.05, 3.63) is 29.3 Å². The van der Waals surface area contributed by atoms with E-state index in [1.807, 2.05) is 6.07 Å². The van der Waals surface area contributed by atoms with E-state index < -0.39 is 0 Å². The molecule has 1 saturated carbocycles. The Labute approximate surface area is 97.2 Å². The first kappa shape index (κ1) is 10.2. The zero-order valence-corrected chi connectivity index (χ0v) is 9.71. The normalized spacial score (nSPS) is 24.1. The average molecular weight is 216 g/mol. The number of anilines is 1. The Morgan fingerprint density at radius 2 is 2.12 bits per heavy atom. The third kappa shape index (κ3) is 1.71. The molecule has 0 aromatic heterocycles. The Balaban J connectivity index is 1.68. The number of hydrogen-bond donors (Lipinski definition) is 2. The highest BCUT2D eigenvalue weighted by Gasteiger charge is 2.25. The van der Waals surface area contributed by atoms with Crippen LogP contribution in [-0.2, 0) is 6.42 Å². The summed E-state index contributed by atoms with van der Waals surface area (Å²) in [5, 5.41) is 3.68. The number of nitrogens with two attached hydrogens (primary N) is 1. The van der Waals surface area contributed by atoms with Gasteiger partial charge in [0.15, 0.2) is 0 Å². The zero-order chi connectivity index (χ0) is 11.0. The Kier molecular flexibility index (Phi) is 2.60. The summed E-state index contributed by atoms with van der Waals surface area (Å²) < 4.78 is 0. The van der Waals surface area contributed by atoms with Crippen molar-refractivity contribution in [3.8, 4) is 0 Å². The second kappa shape index (κ2) is 4.10. The molecule has 1 aromatic carbocycles. The lowest BCUT2D eigenvalue weighted by Gasteiger charge is -2.28. The predicted octanol–water partition coefficient (Wildman–Crippen LogP) is 2.44. The van der Waals surface area contributed by atoms with Crippen LogP contribution in [0, 0.1) is 0 Å². The summed E-state index contributed by atoms with van der Waals surface area (Å²) in [6.07, 6.45) is 6.58. The molecule has 0 bridgehead atoms. The molecule has 2 aliphatic carbocycles. The van der Waals surface area contributed by atoms with Crippen molar-refractivity contribution in [1.82, 2.24) is 5.32 Å². The summed E-state index contributed by atoms with van der Waals surface area (Å²) in [6, 6.07) is 7.17. The van der Waals surface area contributed by atoms with E-state index in [0.29, 0.717) is 5.92 Å². The minimum absolute atomic E-state index is 0.694. The third-order valence-corrected chi connectivity index (χ3v) is 4.19. The first-order valence-electron chi connectivity index (χ1n) is 6.45. The summed E-state index contributed by atoms with van der Waals surface area (Å²) in [4.78, 5) is 0. The topological polar surface area (TPSA) is 38.0 Å². The molecule has 16 heavy (non-hydrogen) atoms. The van der Waals surface area contributed by atoms with E-state index >= 15 is 0 Å². The highest BCUT2D eigenvalue weighted by Crippen LogP contribution is 2.36. The molecule has 3 rings (SSSR count). The van der Waals surface area contributed by atoms with Crippen molar-refractivity contribution in [1.29, 1.82) is 0 Å². The Bertz CT molecular complexity index is 382. The minimum Gasteiger partial charge on any atom is -0.398 e.